The van der Waals surface area contributed by atoms with Crippen LogP contribution in [0.1, 0.15) is 11.1 Å². The SMILES string of the molecule is Fc1ccc(CC(CBr)(CBr)Cc2ccccc2)cc1Br. The van der Waals surface area contributed by atoms with E-state index in [0.717, 1.165) is 29.1 Å². The topological polar surface area (TPSA) is 0 Å². The first-order chi connectivity index (χ1) is 10.1. The molecule has 112 valence electrons. The molecule has 0 N–H and O–H groups in total. The molecule has 0 radical (unpaired) electrons. The minimum Gasteiger partial charge on any atom is -0.206 e. The van der Waals surface area contributed by atoms with Gasteiger partial charge in [-0.2, -0.15) is 0 Å². The van der Waals surface area contributed by atoms with E-state index in [9.17, 15) is 4.39 Å². The Labute approximate surface area is 150 Å². The van der Waals surface area contributed by atoms with E-state index in [0.29, 0.717) is 4.47 Å². The molecule has 0 nitrogen and oxygen atoms in total. The predicted molar refractivity (Wildman–Crippen MR) is 98.0 cm³/mol. The monoisotopic (exact) mass is 476 g/mol. The molecule has 0 fully saturated rings. The van der Waals surface area contributed by atoms with Crippen LogP contribution in [0.5, 0.6) is 0 Å². The molecule has 0 atom stereocenters. The van der Waals surface area contributed by atoms with Gasteiger partial charge in [0.15, 0.2) is 0 Å². The molecule has 0 aliphatic rings. The molecular weight excluding hydrogens is 463 g/mol. The van der Waals surface area contributed by atoms with Gasteiger partial charge >= 0.3 is 0 Å². The average molecular weight is 479 g/mol. The van der Waals surface area contributed by atoms with E-state index in [1.165, 1.54) is 11.6 Å². The van der Waals surface area contributed by atoms with Gasteiger partial charge in [-0.3, -0.25) is 0 Å². The molecule has 0 saturated heterocycles. The van der Waals surface area contributed by atoms with Crippen LogP contribution >= 0.6 is 47.8 Å². The quantitative estimate of drug-likeness (QED) is 0.437. The molecule has 0 aliphatic heterocycles. The summed E-state index contributed by atoms with van der Waals surface area (Å²) in [5, 5.41) is 1.77. The van der Waals surface area contributed by atoms with Crippen LogP contribution in [0.4, 0.5) is 4.39 Å². The molecule has 21 heavy (non-hydrogen) atoms. The van der Waals surface area contributed by atoms with Gasteiger partial charge < -0.3 is 0 Å². The Morgan fingerprint density at radius 1 is 0.857 bits per heavy atom. The van der Waals surface area contributed by atoms with Crippen molar-refractivity contribution < 1.29 is 4.39 Å². The minimum atomic E-state index is -0.218. The molecule has 0 aromatic heterocycles. The molecule has 0 amide bonds. The summed E-state index contributed by atoms with van der Waals surface area (Å²) in [6, 6.07) is 15.7. The van der Waals surface area contributed by atoms with E-state index in [1.54, 1.807) is 0 Å². The molecule has 0 spiro atoms. The lowest BCUT2D eigenvalue weighted by atomic mass is 9.80. The van der Waals surface area contributed by atoms with Crippen molar-refractivity contribution in [3.8, 4) is 0 Å². The molecule has 2 rings (SSSR count). The number of alkyl halides is 2. The standard InChI is InChI=1S/C17H16Br3F/c18-11-17(12-19,9-13-4-2-1-3-5-13)10-14-6-7-16(21)15(20)8-14/h1-8H,9-12H2. The van der Waals surface area contributed by atoms with E-state index in [2.05, 4.69) is 72.1 Å². The number of halogens is 4. The Hall–Kier alpha value is -0.190. The van der Waals surface area contributed by atoms with Crippen molar-refractivity contribution in [2.45, 2.75) is 12.8 Å². The summed E-state index contributed by atoms with van der Waals surface area (Å²) >= 11 is 10.6. The van der Waals surface area contributed by atoms with Crippen LogP contribution in [-0.4, -0.2) is 10.7 Å². The van der Waals surface area contributed by atoms with Gasteiger partial charge in [0.1, 0.15) is 5.82 Å². The second-order valence-electron chi connectivity index (χ2n) is 5.35. The first-order valence-corrected chi connectivity index (χ1v) is 9.72. The fourth-order valence-corrected chi connectivity index (χ4v) is 4.55. The summed E-state index contributed by atoms with van der Waals surface area (Å²) < 4.78 is 13.9. The first kappa shape index (κ1) is 17.2. The van der Waals surface area contributed by atoms with Crippen molar-refractivity contribution in [1.29, 1.82) is 0 Å². The lowest BCUT2D eigenvalue weighted by molar-refractivity contribution is 0.385. The summed E-state index contributed by atoms with van der Waals surface area (Å²) in [4.78, 5) is 0. The fourth-order valence-electron chi connectivity index (χ4n) is 2.40. The predicted octanol–water partition coefficient (Wildman–Crippen LogP) is 6.15. The van der Waals surface area contributed by atoms with Crippen LogP contribution in [0.3, 0.4) is 0 Å². The van der Waals surface area contributed by atoms with Crippen LogP contribution in [0.25, 0.3) is 0 Å². The van der Waals surface area contributed by atoms with Gasteiger partial charge in [-0.15, -0.1) is 0 Å². The van der Waals surface area contributed by atoms with Gasteiger partial charge in [-0.25, -0.2) is 4.39 Å². The summed E-state index contributed by atoms with van der Waals surface area (Å²) in [6.45, 7) is 0. The van der Waals surface area contributed by atoms with Crippen LogP contribution in [0.2, 0.25) is 0 Å². The molecular formula is C17H16Br3F. The van der Waals surface area contributed by atoms with Crippen molar-refractivity contribution >= 4 is 47.8 Å². The molecule has 0 bridgehead atoms. The highest BCUT2D eigenvalue weighted by atomic mass is 79.9. The molecule has 0 heterocycles. The number of rotatable bonds is 6. The summed E-state index contributed by atoms with van der Waals surface area (Å²) in [6.07, 6.45) is 1.86. The maximum atomic E-state index is 13.4. The zero-order valence-electron chi connectivity index (χ0n) is 11.5. The van der Waals surface area contributed by atoms with Crippen LogP contribution in [0, 0.1) is 11.2 Å². The Bertz CT molecular complexity index is 580. The first-order valence-electron chi connectivity index (χ1n) is 6.68. The van der Waals surface area contributed by atoms with E-state index in [4.69, 9.17) is 0 Å². The normalized spacial score (nSPS) is 11.6. The molecule has 0 unspecified atom stereocenters. The smallest absolute Gasteiger partial charge is 0.137 e. The Morgan fingerprint density at radius 2 is 1.48 bits per heavy atom. The average Bonchev–Trinajstić information content (AvgIpc) is 2.51. The minimum absolute atomic E-state index is 0.0681. The Kier molecular flexibility index (Phi) is 6.45. The highest BCUT2D eigenvalue weighted by molar-refractivity contribution is 9.10. The van der Waals surface area contributed by atoms with Gasteiger partial charge in [0.25, 0.3) is 0 Å². The van der Waals surface area contributed by atoms with Crippen molar-refractivity contribution in [1.82, 2.24) is 0 Å². The summed E-state index contributed by atoms with van der Waals surface area (Å²) in [5.41, 5.74) is 2.52. The van der Waals surface area contributed by atoms with Crippen molar-refractivity contribution in [3.05, 3.63) is 69.9 Å². The largest absolute Gasteiger partial charge is 0.206 e. The molecule has 4 heteroatoms. The number of hydrogen-bond acceptors (Lipinski definition) is 0. The summed E-state index contributed by atoms with van der Waals surface area (Å²) in [5.74, 6) is -0.218. The highest BCUT2D eigenvalue weighted by Crippen LogP contribution is 2.33. The third-order valence-corrected chi connectivity index (χ3v) is 6.54. The zero-order chi connectivity index (χ0) is 15.3. The molecule has 0 aliphatic carbocycles. The van der Waals surface area contributed by atoms with Crippen molar-refractivity contribution in [2.24, 2.45) is 5.41 Å². The second kappa shape index (κ2) is 7.89. The number of hydrogen-bond donors (Lipinski definition) is 0. The number of benzene rings is 2. The van der Waals surface area contributed by atoms with Crippen LogP contribution < -0.4 is 0 Å². The van der Waals surface area contributed by atoms with E-state index in [1.807, 2.05) is 18.2 Å². The zero-order valence-corrected chi connectivity index (χ0v) is 16.2. The second-order valence-corrected chi connectivity index (χ2v) is 7.33. The Morgan fingerprint density at radius 3 is 2.05 bits per heavy atom. The van der Waals surface area contributed by atoms with Gasteiger partial charge in [-0.1, -0.05) is 68.3 Å². The highest BCUT2D eigenvalue weighted by Gasteiger charge is 2.28. The lowest BCUT2D eigenvalue weighted by Crippen LogP contribution is -2.30. The van der Waals surface area contributed by atoms with Crippen molar-refractivity contribution in [3.63, 3.8) is 0 Å². The van der Waals surface area contributed by atoms with E-state index < -0.39 is 0 Å². The van der Waals surface area contributed by atoms with E-state index in [-0.39, 0.29) is 11.2 Å². The van der Waals surface area contributed by atoms with Gasteiger partial charge in [0.2, 0.25) is 0 Å². The molecule has 2 aromatic rings. The lowest BCUT2D eigenvalue weighted by Gasteiger charge is -2.30. The van der Waals surface area contributed by atoms with E-state index >= 15 is 0 Å². The van der Waals surface area contributed by atoms with Gasteiger partial charge in [0.05, 0.1) is 4.47 Å². The third-order valence-electron chi connectivity index (χ3n) is 3.55. The van der Waals surface area contributed by atoms with Crippen molar-refractivity contribution in [2.75, 3.05) is 10.7 Å². The van der Waals surface area contributed by atoms with Crippen LogP contribution in [0.15, 0.2) is 53.0 Å². The van der Waals surface area contributed by atoms with Crippen LogP contribution in [-0.2, 0) is 12.8 Å². The van der Waals surface area contributed by atoms with Gasteiger partial charge in [-0.05, 0) is 57.4 Å². The maximum Gasteiger partial charge on any atom is 0.137 e. The molecule has 2 aromatic carbocycles. The summed E-state index contributed by atoms with van der Waals surface area (Å²) in [7, 11) is 0. The third kappa shape index (κ3) is 4.64. The Balaban J connectivity index is 2.23. The van der Waals surface area contributed by atoms with Gasteiger partial charge in [0, 0.05) is 10.7 Å². The maximum absolute atomic E-state index is 13.4. The fraction of sp³-hybridized carbons (Fsp3) is 0.294. The molecule has 0 saturated carbocycles.